The van der Waals surface area contributed by atoms with E-state index < -0.39 is 0 Å². The van der Waals surface area contributed by atoms with E-state index in [2.05, 4.69) is 13.8 Å². The van der Waals surface area contributed by atoms with Crippen molar-refractivity contribution in [2.45, 2.75) is 71.6 Å². The lowest BCUT2D eigenvalue weighted by Gasteiger charge is -2.51. The number of carbonyl (C=O) groups is 2. The van der Waals surface area contributed by atoms with Gasteiger partial charge in [-0.3, -0.25) is 9.59 Å². The first kappa shape index (κ1) is 13.7. The van der Waals surface area contributed by atoms with Crippen LogP contribution in [-0.2, 0) is 9.59 Å². The highest BCUT2D eigenvalue weighted by atomic mass is 16.1. The lowest BCUT2D eigenvalue weighted by Crippen LogP contribution is -2.43. The predicted molar refractivity (Wildman–Crippen MR) is 81.8 cm³/mol. The quantitative estimate of drug-likeness (QED) is 0.624. The number of Topliss-reactive ketones (excluding diaryl/α,β-unsaturated/α-hetero) is 2. The van der Waals surface area contributed by atoms with Crippen LogP contribution in [0.25, 0.3) is 0 Å². The topological polar surface area (TPSA) is 34.1 Å². The Labute approximate surface area is 127 Å². The summed E-state index contributed by atoms with van der Waals surface area (Å²) in [6.45, 7) is 4.56. The van der Waals surface area contributed by atoms with E-state index >= 15 is 0 Å². The van der Waals surface area contributed by atoms with Gasteiger partial charge >= 0.3 is 0 Å². The third-order valence-corrected chi connectivity index (χ3v) is 7.35. The van der Waals surface area contributed by atoms with Crippen molar-refractivity contribution in [3.05, 3.63) is 11.1 Å². The molecule has 114 valence electrons. The Hall–Kier alpha value is -0.920. The van der Waals surface area contributed by atoms with E-state index in [0.717, 1.165) is 57.8 Å². The van der Waals surface area contributed by atoms with E-state index in [-0.39, 0.29) is 10.8 Å². The molecular formula is C19H26O2. The molecule has 0 amide bonds. The number of rotatable bonds is 0. The largest absolute Gasteiger partial charge is 0.300 e. The minimum absolute atomic E-state index is 0.0585. The van der Waals surface area contributed by atoms with Crippen molar-refractivity contribution in [3.63, 3.8) is 0 Å². The molecule has 21 heavy (non-hydrogen) atoms. The lowest BCUT2D eigenvalue weighted by atomic mass is 9.53. The van der Waals surface area contributed by atoms with Crippen molar-refractivity contribution < 1.29 is 9.59 Å². The molecule has 0 heterocycles. The summed E-state index contributed by atoms with van der Waals surface area (Å²) in [7, 11) is 0. The van der Waals surface area contributed by atoms with Crippen LogP contribution in [-0.4, -0.2) is 11.6 Å². The van der Waals surface area contributed by atoms with E-state index in [1.54, 1.807) is 11.1 Å². The van der Waals surface area contributed by atoms with Crippen LogP contribution in [0.4, 0.5) is 0 Å². The molecule has 0 spiro atoms. The molecule has 0 unspecified atom stereocenters. The molecule has 4 aliphatic carbocycles. The van der Waals surface area contributed by atoms with E-state index in [1.165, 1.54) is 0 Å². The Bertz CT molecular complexity index is 558. The van der Waals surface area contributed by atoms with Gasteiger partial charge in [0.05, 0.1) is 0 Å². The van der Waals surface area contributed by atoms with Gasteiger partial charge in [-0.15, -0.1) is 0 Å². The molecule has 0 N–H and O–H groups in total. The van der Waals surface area contributed by atoms with Crippen molar-refractivity contribution in [2.24, 2.45) is 22.7 Å². The molecule has 4 atom stereocenters. The van der Waals surface area contributed by atoms with Crippen molar-refractivity contribution in [1.82, 2.24) is 0 Å². The maximum atomic E-state index is 12.3. The van der Waals surface area contributed by atoms with Crippen LogP contribution in [0, 0.1) is 22.7 Å². The number of hydrogen-bond donors (Lipinski definition) is 0. The van der Waals surface area contributed by atoms with Crippen molar-refractivity contribution >= 4 is 11.6 Å². The maximum Gasteiger partial charge on any atom is 0.139 e. The zero-order chi connectivity index (χ0) is 14.8. The summed E-state index contributed by atoms with van der Waals surface area (Å²) >= 11 is 0. The van der Waals surface area contributed by atoms with E-state index in [0.29, 0.717) is 23.4 Å². The standard InChI is InChI=1S/C19H26O2/c1-18-9-7-14-13(15(18)4-3-12(20)11-18)8-10-19(2)16(14)5-6-17(19)21/h15-16H,3-11H2,1-2H3/t15-,16-,18+,19-/m0/s1. The lowest BCUT2D eigenvalue weighted by molar-refractivity contribution is -0.126. The SMILES string of the molecule is C[C@]12CCC3=C(CC[C@]4(C)C(=O)CC[C@@H]34)[C@@H]1CCC(=O)C2. The van der Waals surface area contributed by atoms with Gasteiger partial charge in [0, 0.05) is 24.7 Å². The number of fused-ring (bicyclic) bond motifs is 4. The van der Waals surface area contributed by atoms with Gasteiger partial charge in [0.1, 0.15) is 11.6 Å². The fraction of sp³-hybridized carbons (Fsp3) is 0.789. The number of ketones is 2. The average Bonchev–Trinajstić information content (AvgIpc) is 2.73. The second kappa shape index (κ2) is 4.30. The van der Waals surface area contributed by atoms with E-state index in [1.807, 2.05) is 0 Å². The Balaban J connectivity index is 1.74. The van der Waals surface area contributed by atoms with Gasteiger partial charge in [-0.1, -0.05) is 25.0 Å². The van der Waals surface area contributed by atoms with Crippen LogP contribution in [0.5, 0.6) is 0 Å². The molecule has 0 aliphatic heterocycles. The number of hydrogen-bond acceptors (Lipinski definition) is 2. The second-order valence-electron chi connectivity index (χ2n) is 8.44. The normalized spacial score (nSPS) is 46.2. The van der Waals surface area contributed by atoms with Gasteiger partial charge in [-0.25, -0.2) is 0 Å². The summed E-state index contributed by atoms with van der Waals surface area (Å²) in [6, 6.07) is 0. The van der Waals surface area contributed by atoms with E-state index in [4.69, 9.17) is 0 Å². The van der Waals surface area contributed by atoms with Gasteiger partial charge in [-0.2, -0.15) is 0 Å². The fourth-order valence-corrected chi connectivity index (χ4v) is 6.05. The molecule has 0 aromatic heterocycles. The number of carbonyl (C=O) groups excluding carboxylic acids is 2. The summed E-state index contributed by atoms with van der Waals surface area (Å²) in [5, 5.41) is 0. The first-order chi connectivity index (χ1) is 9.94. The van der Waals surface area contributed by atoms with Crippen molar-refractivity contribution in [1.29, 1.82) is 0 Å². The van der Waals surface area contributed by atoms with Crippen LogP contribution >= 0.6 is 0 Å². The number of allylic oxidation sites excluding steroid dienone is 2. The molecule has 0 radical (unpaired) electrons. The maximum absolute atomic E-state index is 12.3. The predicted octanol–water partition coefficient (Wildman–Crippen LogP) is 4.23. The molecule has 4 rings (SSSR count). The minimum Gasteiger partial charge on any atom is -0.300 e. The minimum atomic E-state index is -0.0585. The summed E-state index contributed by atoms with van der Waals surface area (Å²) in [4.78, 5) is 24.2. The van der Waals surface area contributed by atoms with Gasteiger partial charge < -0.3 is 0 Å². The van der Waals surface area contributed by atoms with Crippen LogP contribution < -0.4 is 0 Å². The highest BCUT2D eigenvalue weighted by Gasteiger charge is 2.54. The summed E-state index contributed by atoms with van der Waals surface area (Å²) in [5.41, 5.74) is 3.47. The van der Waals surface area contributed by atoms with Crippen LogP contribution in [0.2, 0.25) is 0 Å². The molecule has 0 saturated heterocycles. The summed E-state index contributed by atoms with van der Waals surface area (Å²) in [5.74, 6) is 2.12. The zero-order valence-electron chi connectivity index (χ0n) is 13.3. The molecule has 0 bridgehead atoms. The highest BCUT2D eigenvalue weighted by molar-refractivity contribution is 5.88. The summed E-state index contributed by atoms with van der Waals surface area (Å²) < 4.78 is 0. The molecule has 2 fully saturated rings. The molecule has 0 aromatic carbocycles. The van der Waals surface area contributed by atoms with Gasteiger partial charge in [-0.05, 0) is 55.8 Å². The second-order valence-corrected chi connectivity index (χ2v) is 8.44. The molecule has 2 heteroatoms. The molecule has 4 aliphatic rings. The molecule has 0 aromatic rings. The Morgan fingerprint density at radius 1 is 0.857 bits per heavy atom. The van der Waals surface area contributed by atoms with Crippen LogP contribution in [0.15, 0.2) is 11.1 Å². The van der Waals surface area contributed by atoms with Crippen LogP contribution in [0.1, 0.15) is 71.6 Å². The van der Waals surface area contributed by atoms with Gasteiger partial charge in [0.15, 0.2) is 0 Å². The Kier molecular flexibility index (Phi) is 2.81. The van der Waals surface area contributed by atoms with Gasteiger partial charge in [0.25, 0.3) is 0 Å². The highest BCUT2D eigenvalue weighted by Crippen LogP contribution is 2.61. The smallest absolute Gasteiger partial charge is 0.139 e. The molecule has 2 saturated carbocycles. The zero-order valence-corrected chi connectivity index (χ0v) is 13.3. The first-order valence-corrected chi connectivity index (χ1v) is 8.71. The molecular weight excluding hydrogens is 260 g/mol. The van der Waals surface area contributed by atoms with Crippen LogP contribution in [0.3, 0.4) is 0 Å². The third-order valence-electron chi connectivity index (χ3n) is 7.35. The Morgan fingerprint density at radius 2 is 1.52 bits per heavy atom. The Morgan fingerprint density at radius 3 is 2.33 bits per heavy atom. The van der Waals surface area contributed by atoms with E-state index in [9.17, 15) is 9.59 Å². The summed E-state index contributed by atoms with van der Waals surface area (Å²) in [6.07, 6.45) is 8.96. The first-order valence-electron chi connectivity index (χ1n) is 8.71. The van der Waals surface area contributed by atoms with Gasteiger partial charge in [0.2, 0.25) is 0 Å². The average molecular weight is 286 g/mol. The van der Waals surface area contributed by atoms with Crippen molar-refractivity contribution in [3.8, 4) is 0 Å². The fourth-order valence-electron chi connectivity index (χ4n) is 6.05. The van der Waals surface area contributed by atoms with Crippen molar-refractivity contribution in [2.75, 3.05) is 0 Å². The molecule has 2 nitrogen and oxygen atoms in total. The third kappa shape index (κ3) is 1.77. The monoisotopic (exact) mass is 286 g/mol.